The average Bonchev–Trinajstić information content (AvgIpc) is 2.11. The van der Waals surface area contributed by atoms with Crippen molar-refractivity contribution in [2.75, 3.05) is 7.05 Å². The van der Waals surface area contributed by atoms with Crippen molar-refractivity contribution < 1.29 is 27.8 Å². The molecule has 0 saturated carbocycles. The maximum absolute atomic E-state index is 12.2. The molecule has 1 N–H and O–H groups in total. The zero-order valence-corrected chi connectivity index (χ0v) is 11.2. The molecular weight excluding hydrogens is 251 g/mol. The van der Waals surface area contributed by atoms with E-state index in [2.05, 4.69) is 0 Å². The Hall–Kier alpha value is -0.980. The Kier molecular flexibility index (Phi) is 5.46. The molecule has 0 bridgehead atoms. The fourth-order valence-corrected chi connectivity index (χ4v) is 1.13. The van der Waals surface area contributed by atoms with Gasteiger partial charge in [0, 0.05) is 19.5 Å². The van der Waals surface area contributed by atoms with E-state index in [4.69, 9.17) is 9.84 Å². The molecule has 0 rings (SSSR count). The van der Waals surface area contributed by atoms with Crippen LogP contribution in [0.1, 0.15) is 34.1 Å². The van der Waals surface area contributed by atoms with Crippen molar-refractivity contribution in [1.29, 1.82) is 0 Å². The molecule has 0 aliphatic heterocycles. The number of carbonyl (C=O) groups is 1. The van der Waals surface area contributed by atoms with Gasteiger partial charge in [0.15, 0.2) is 6.10 Å². The molecule has 0 aromatic rings. The van der Waals surface area contributed by atoms with Crippen LogP contribution in [0.25, 0.3) is 0 Å². The van der Waals surface area contributed by atoms with Gasteiger partial charge in [0.05, 0.1) is 0 Å². The van der Waals surface area contributed by atoms with Crippen LogP contribution < -0.4 is 0 Å². The van der Waals surface area contributed by atoms with Gasteiger partial charge in [-0.2, -0.15) is 13.2 Å². The summed E-state index contributed by atoms with van der Waals surface area (Å²) in [6.07, 6.45) is -8.43. The first-order valence-electron chi connectivity index (χ1n) is 5.55. The van der Waals surface area contributed by atoms with Gasteiger partial charge in [-0.25, -0.2) is 4.79 Å². The van der Waals surface area contributed by atoms with Crippen LogP contribution in [0, 0.1) is 0 Å². The standard InChI is InChI=1S/C11H20F3NO3/c1-7(6-8(16)11(12,13)14)15(5)9(17)18-10(2,3)4/h7-8,16H,6H2,1-5H3. The Balaban J connectivity index is 4.43. The molecule has 4 nitrogen and oxygen atoms in total. The average molecular weight is 271 g/mol. The molecule has 0 radical (unpaired) electrons. The fourth-order valence-electron chi connectivity index (χ4n) is 1.13. The number of ether oxygens (including phenoxy) is 1. The van der Waals surface area contributed by atoms with Gasteiger partial charge in [-0.05, 0) is 27.7 Å². The highest BCUT2D eigenvalue weighted by Gasteiger charge is 2.40. The summed E-state index contributed by atoms with van der Waals surface area (Å²) in [5, 5.41) is 8.92. The first-order valence-corrected chi connectivity index (χ1v) is 5.55. The van der Waals surface area contributed by atoms with Gasteiger partial charge >= 0.3 is 12.3 Å². The molecule has 0 aromatic heterocycles. The minimum atomic E-state index is -4.68. The van der Waals surface area contributed by atoms with Gasteiger partial charge < -0.3 is 14.7 Å². The topological polar surface area (TPSA) is 49.8 Å². The third-order valence-corrected chi connectivity index (χ3v) is 2.28. The molecule has 2 unspecified atom stereocenters. The number of rotatable bonds is 3. The minimum Gasteiger partial charge on any atom is -0.444 e. The zero-order chi connectivity index (χ0) is 14.7. The molecule has 0 aliphatic rings. The summed E-state index contributed by atoms with van der Waals surface area (Å²) in [5.41, 5.74) is -0.715. The third-order valence-electron chi connectivity index (χ3n) is 2.28. The van der Waals surface area contributed by atoms with Crippen LogP contribution in [-0.2, 0) is 4.74 Å². The zero-order valence-electron chi connectivity index (χ0n) is 11.2. The summed E-state index contributed by atoms with van der Waals surface area (Å²) in [4.78, 5) is 12.6. The largest absolute Gasteiger partial charge is 0.444 e. The number of hydrogen-bond acceptors (Lipinski definition) is 3. The summed E-state index contributed by atoms with van der Waals surface area (Å²) in [6, 6.07) is -0.781. The van der Waals surface area contributed by atoms with Gasteiger partial charge in [-0.3, -0.25) is 0 Å². The molecule has 18 heavy (non-hydrogen) atoms. The van der Waals surface area contributed by atoms with Crippen LogP contribution >= 0.6 is 0 Å². The van der Waals surface area contributed by atoms with Crippen molar-refractivity contribution in [2.24, 2.45) is 0 Å². The fraction of sp³-hybridized carbons (Fsp3) is 0.909. The smallest absolute Gasteiger partial charge is 0.414 e. The van der Waals surface area contributed by atoms with Crippen molar-refractivity contribution in [3.63, 3.8) is 0 Å². The molecule has 0 fully saturated rings. The van der Waals surface area contributed by atoms with Crippen LogP contribution in [0.5, 0.6) is 0 Å². The number of carbonyl (C=O) groups excluding carboxylic acids is 1. The van der Waals surface area contributed by atoms with Gasteiger partial charge in [-0.1, -0.05) is 0 Å². The first-order chi connectivity index (χ1) is 7.84. The van der Waals surface area contributed by atoms with Crippen molar-refractivity contribution in [2.45, 2.75) is 58.0 Å². The van der Waals surface area contributed by atoms with E-state index < -0.39 is 36.4 Å². The highest BCUT2D eigenvalue weighted by molar-refractivity contribution is 5.68. The summed E-state index contributed by atoms with van der Waals surface area (Å²) in [7, 11) is 1.34. The Bertz CT molecular complexity index is 286. The molecule has 0 aromatic carbocycles. The third kappa shape index (κ3) is 6.09. The summed E-state index contributed by atoms with van der Waals surface area (Å²) >= 11 is 0. The Morgan fingerprint density at radius 2 is 1.78 bits per heavy atom. The molecule has 0 heterocycles. The van der Waals surface area contributed by atoms with E-state index >= 15 is 0 Å². The van der Waals surface area contributed by atoms with Crippen molar-refractivity contribution >= 4 is 6.09 Å². The lowest BCUT2D eigenvalue weighted by molar-refractivity contribution is -0.208. The van der Waals surface area contributed by atoms with Gasteiger partial charge in [-0.15, -0.1) is 0 Å². The van der Waals surface area contributed by atoms with E-state index in [1.165, 1.54) is 14.0 Å². The van der Waals surface area contributed by atoms with Gasteiger partial charge in [0.1, 0.15) is 5.60 Å². The summed E-state index contributed by atoms with van der Waals surface area (Å²) < 4.78 is 41.5. The number of nitrogens with zero attached hydrogens (tertiary/aromatic N) is 1. The molecule has 2 atom stereocenters. The van der Waals surface area contributed by atoms with E-state index in [0.717, 1.165) is 4.90 Å². The van der Waals surface area contributed by atoms with E-state index in [-0.39, 0.29) is 0 Å². The second-order valence-electron chi connectivity index (χ2n) is 5.23. The van der Waals surface area contributed by atoms with Crippen molar-refractivity contribution in [3.8, 4) is 0 Å². The quantitative estimate of drug-likeness (QED) is 0.858. The predicted octanol–water partition coefficient (Wildman–Crippen LogP) is 2.56. The van der Waals surface area contributed by atoms with Gasteiger partial charge in [0.2, 0.25) is 0 Å². The molecule has 7 heteroatoms. The lowest BCUT2D eigenvalue weighted by Gasteiger charge is -2.30. The number of aliphatic hydroxyl groups excluding tert-OH is 1. The Labute approximate surface area is 105 Å². The van der Waals surface area contributed by atoms with Gasteiger partial charge in [0.25, 0.3) is 0 Å². The number of hydrogen-bond donors (Lipinski definition) is 1. The van der Waals surface area contributed by atoms with Crippen LogP contribution in [0.4, 0.5) is 18.0 Å². The Morgan fingerprint density at radius 1 is 1.33 bits per heavy atom. The molecule has 0 spiro atoms. The van der Waals surface area contributed by atoms with E-state index in [1.807, 2.05) is 0 Å². The van der Waals surface area contributed by atoms with Crippen LogP contribution in [-0.4, -0.2) is 47.1 Å². The van der Waals surface area contributed by atoms with E-state index in [0.29, 0.717) is 0 Å². The van der Waals surface area contributed by atoms with E-state index in [1.54, 1.807) is 20.8 Å². The molecular formula is C11H20F3NO3. The lowest BCUT2D eigenvalue weighted by atomic mass is 10.1. The monoisotopic (exact) mass is 271 g/mol. The van der Waals surface area contributed by atoms with Crippen molar-refractivity contribution in [3.05, 3.63) is 0 Å². The molecule has 108 valence electrons. The second kappa shape index (κ2) is 5.77. The SMILES string of the molecule is CC(CC(O)C(F)(F)F)N(C)C(=O)OC(C)(C)C. The van der Waals surface area contributed by atoms with Crippen LogP contribution in [0.2, 0.25) is 0 Å². The summed E-state index contributed by atoms with van der Waals surface area (Å²) in [6.45, 7) is 6.40. The highest BCUT2D eigenvalue weighted by atomic mass is 19.4. The van der Waals surface area contributed by atoms with E-state index in [9.17, 15) is 18.0 Å². The number of aliphatic hydroxyl groups is 1. The van der Waals surface area contributed by atoms with Crippen molar-refractivity contribution in [1.82, 2.24) is 4.90 Å². The number of halogens is 3. The first kappa shape index (κ1) is 17.0. The second-order valence-corrected chi connectivity index (χ2v) is 5.23. The predicted molar refractivity (Wildman–Crippen MR) is 60.1 cm³/mol. The maximum atomic E-state index is 12.2. The highest BCUT2D eigenvalue weighted by Crippen LogP contribution is 2.24. The molecule has 1 amide bonds. The molecule has 0 saturated heterocycles. The molecule has 0 aliphatic carbocycles. The maximum Gasteiger partial charge on any atom is 0.414 e. The normalized spacial score (nSPS) is 16.1. The van der Waals surface area contributed by atoms with Crippen LogP contribution in [0.3, 0.4) is 0 Å². The minimum absolute atomic E-state index is 0.584. The van der Waals surface area contributed by atoms with Crippen LogP contribution in [0.15, 0.2) is 0 Å². The summed E-state index contributed by atoms with van der Waals surface area (Å²) in [5.74, 6) is 0. The number of amides is 1. The lowest BCUT2D eigenvalue weighted by Crippen LogP contribution is -2.43. The Morgan fingerprint density at radius 3 is 2.11 bits per heavy atom. The number of alkyl halides is 3.